The van der Waals surface area contributed by atoms with E-state index in [9.17, 15) is 4.79 Å². The molecular formula is C15H16N2O3S. The van der Waals surface area contributed by atoms with Crippen LogP contribution < -0.4 is 4.74 Å². The Bertz CT molecular complexity index is 700. The SMILES string of the molecule is COc1ccc2nc(SCC(=O)O)n(C3CC=CC3)c2c1. The lowest BCUT2D eigenvalue weighted by Gasteiger charge is -2.16. The van der Waals surface area contributed by atoms with Crippen LogP contribution in [-0.2, 0) is 4.79 Å². The van der Waals surface area contributed by atoms with Crippen LogP contribution in [0.15, 0.2) is 35.5 Å². The number of hydrogen-bond donors (Lipinski definition) is 1. The van der Waals surface area contributed by atoms with Crippen LogP contribution >= 0.6 is 11.8 Å². The minimum atomic E-state index is -0.833. The summed E-state index contributed by atoms with van der Waals surface area (Å²) in [6.07, 6.45) is 6.21. The van der Waals surface area contributed by atoms with Crippen LogP contribution in [0.3, 0.4) is 0 Å². The van der Waals surface area contributed by atoms with E-state index >= 15 is 0 Å². The molecule has 1 aliphatic carbocycles. The highest BCUT2D eigenvalue weighted by molar-refractivity contribution is 7.99. The second-order valence-electron chi connectivity index (χ2n) is 4.90. The average Bonchev–Trinajstić information content (AvgIpc) is 3.10. The van der Waals surface area contributed by atoms with Gasteiger partial charge >= 0.3 is 5.97 Å². The number of benzene rings is 1. The lowest BCUT2D eigenvalue weighted by molar-refractivity contribution is -0.133. The molecule has 6 heteroatoms. The van der Waals surface area contributed by atoms with E-state index in [1.807, 2.05) is 18.2 Å². The number of methoxy groups -OCH3 is 1. The number of thioether (sulfide) groups is 1. The number of fused-ring (bicyclic) bond motifs is 1. The van der Waals surface area contributed by atoms with Gasteiger partial charge in [-0.3, -0.25) is 4.79 Å². The maximum Gasteiger partial charge on any atom is 0.313 e. The summed E-state index contributed by atoms with van der Waals surface area (Å²) >= 11 is 1.26. The summed E-state index contributed by atoms with van der Waals surface area (Å²) in [5, 5.41) is 9.66. The second kappa shape index (κ2) is 5.81. The Morgan fingerprint density at radius 1 is 1.48 bits per heavy atom. The standard InChI is InChI=1S/C15H16N2O3S/c1-20-11-6-7-12-13(8-11)17(10-4-2-3-5-10)15(16-12)21-9-14(18)19/h2-3,6-8,10H,4-5,9H2,1H3,(H,18,19). The summed E-state index contributed by atoms with van der Waals surface area (Å²) < 4.78 is 7.43. The van der Waals surface area contributed by atoms with E-state index < -0.39 is 5.97 Å². The van der Waals surface area contributed by atoms with Crippen LogP contribution in [0.4, 0.5) is 0 Å². The number of imidazole rings is 1. The van der Waals surface area contributed by atoms with Crippen LogP contribution in [-0.4, -0.2) is 33.5 Å². The molecule has 0 fully saturated rings. The minimum Gasteiger partial charge on any atom is -0.497 e. The van der Waals surface area contributed by atoms with Crippen molar-refractivity contribution in [2.75, 3.05) is 12.9 Å². The van der Waals surface area contributed by atoms with E-state index in [2.05, 4.69) is 21.7 Å². The second-order valence-corrected chi connectivity index (χ2v) is 5.84. The fourth-order valence-electron chi connectivity index (χ4n) is 2.57. The largest absolute Gasteiger partial charge is 0.497 e. The van der Waals surface area contributed by atoms with Gasteiger partial charge < -0.3 is 14.4 Å². The molecule has 5 nitrogen and oxygen atoms in total. The summed E-state index contributed by atoms with van der Waals surface area (Å²) in [4.78, 5) is 15.4. The summed E-state index contributed by atoms with van der Waals surface area (Å²) in [5.74, 6) is -0.0363. The fourth-order valence-corrected chi connectivity index (χ4v) is 3.37. The summed E-state index contributed by atoms with van der Waals surface area (Å²) in [5.41, 5.74) is 1.87. The average molecular weight is 304 g/mol. The van der Waals surface area contributed by atoms with Crippen LogP contribution in [0.1, 0.15) is 18.9 Å². The van der Waals surface area contributed by atoms with Gasteiger partial charge in [0.05, 0.1) is 23.9 Å². The molecule has 0 unspecified atom stereocenters. The topological polar surface area (TPSA) is 64.3 Å². The van der Waals surface area contributed by atoms with Gasteiger partial charge in [0.25, 0.3) is 0 Å². The highest BCUT2D eigenvalue weighted by Gasteiger charge is 2.21. The van der Waals surface area contributed by atoms with Crippen molar-refractivity contribution in [3.63, 3.8) is 0 Å². The van der Waals surface area contributed by atoms with Gasteiger partial charge in [-0.2, -0.15) is 0 Å². The molecule has 110 valence electrons. The van der Waals surface area contributed by atoms with Crippen molar-refractivity contribution in [3.8, 4) is 5.75 Å². The number of rotatable bonds is 5. The molecule has 1 aliphatic rings. The highest BCUT2D eigenvalue weighted by Crippen LogP contribution is 2.34. The van der Waals surface area contributed by atoms with Gasteiger partial charge in [0.1, 0.15) is 5.75 Å². The Morgan fingerprint density at radius 2 is 2.24 bits per heavy atom. The van der Waals surface area contributed by atoms with Crippen molar-refractivity contribution >= 4 is 28.8 Å². The van der Waals surface area contributed by atoms with Gasteiger partial charge in [-0.15, -0.1) is 0 Å². The maximum absolute atomic E-state index is 10.8. The molecule has 2 aromatic rings. The first kappa shape index (κ1) is 14.0. The van der Waals surface area contributed by atoms with E-state index in [0.717, 1.165) is 34.8 Å². The van der Waals surface area contributed by atoms with Crippen molar-refractivity contribution in [2.45, 2.75) is 24.0 Å². The lowest BCUT2D eigenvalue weighted by Crippen LogP contribution is -2.08. The normalized spacial score (nSPS) is 14.9. The lowest BCUT2D eigenvalue weighted by atomic mass is 10.2. The molecule has 0 atom stereocenters. The zero-order chi connectivity index (χ0) is 14.8. The molecule has 0 saturated carbocycles. The van der Waals surface area contributed by atoms with Crippen LogP contribution in [0.5, 0.6) is 5.75 Å². The van der Waals surface area contributed by atoms with Crippen LogP contribution in [0.25, 0.3) is 11.0 Å². The molecule has 1 aromatic carbocycles. The number of carboxylic acid groups (broad SMARTS) is 1. The van der Waals surface area contributed by atoms with Crippen LogP contribution in [0, 0.1) is 0 Å². The van der Waals surface area contributed by atoms with Gasteiger partial charge in [-0.05, 0) is 25.0 Å². The molecule has 0 saturated heterocycles. The third kappa shape index (κ3) is 2.76. The quantitative estimate of drug-likeness (QED) is 0.679. The molecule has 0 amide bonds. The number of aliphatic carboxylic acids is 1. The summed E-state index contributed by atoms with van der Waals surface area (Å²) in [6, 6.07) is 6.06. The Labute approximate surface area is 126 Å². The van der Waals surface area contributed by atoms with Crippen molar-refractivity contribution < 1.29 is 14.6 Å². The maximum atomic E-state index is 10.8. The van der Waals surface area contributed by atoms with Crippen molar-refractivity contribution in [1.29, 1.82) is 0 Å². The summed E-state index contributed by atoms with van der Waals surface area (Å²) in [7, 11) is 1.64. The number of carbonyl (C=O) groups is 1. The number of hydrogen-bond acceptors (Lipinski definition) is 4. The number of nitrogens with zero attached hydrogens (tertiary/aromatic N) is 2. The number of carboxylic acids is 1. The molecule has 0 aliphatic heterocycles. The van der Waals surface area contributed by atoms with Crippen molar-refractivity contribution in [3.05, 3.63) is 30.4 Å². The van der Waals surface area contributed by atoms with Crippen molar-refractivity contribution in [2.24, 2.45) is 0 Å². The van der Waals surface area contributed by atoms with Gasteiger partial charge in [0.15, 0.2) is 5.16 Å². The van der Waals surface area contributed by atoms with E-state index in [-0.39, 0.29) is 5.75 Å². The molecule has 1 heterocycles. The van der Waals surface area contributed by atoms with E-state index in [1.54, 1.807) is 7.11 Å². The van der Waals surface area contributed by atoms with Gasteiger partial charge in [-0.1, -0.05) is 23.9 Å². The highest BCUT2D eigenvalue weighted by atomic mass is 32.2. The van der Waals surface area contributed by atoms with Gasteiger partial charge in [0, 0.05) is 12.1 Å². The Balaban J connectivity index is 2.06. The molecule has 1 aromatic heterocycles. The number of aromatic nitrogens is 2. The molecule has 0 spiro atoms. The van der Waals surface area contributed by atoms with E-state index in [4.69, 9.17) is 9.84 Å². The predicted octanol–water partition coefficient (Wildman–Crippen LogP) is 3.11. The van der Waals surface area contributed by atoms with Crippen molar-refractivity contribution in [1.82, 2.24) is 9.55 Å². The minimum absolute atomic E-state index is 0.0145. The van der Waals surface area contributed by atoms with Gasteiger partial charge in [0.2, 0.25) is 0 Å². The number of ether oxygens (including phenoxy) is 1. The monoisotopic (exact) mass is 304 g/mol. The first-order chi connectivity index (χ1) is 10.2. The third-order valence-corrected chi connectivity index (χ3v) is 4.47. The first-order valence-electron chi connectivity index (χ1n) is 6.74. The zero-order valence-corrected chi connectivity index (χ0v) is 12.5. The van der Waals surface area contributed by atoms with Crippen LogP contribution in [0.2, 0.25) is 0 Å². The molecule has 3 rings (SSSR count). The molecule has 0 bridgehead atoms. The molecule has 0 radical (unpaired) electrons. The smallest absolute Gasteiger partial charge is 0.313 e. The van der Waals surface area contributed by atoms with E-state index in [0.29, 0.717) is 6.04 Å². The number of allylic oxidation sites excluding steroid dienone is 2. The van der Waals surface area contributed by atoms with E-state index in [1.165, 1.54) is 11.8 Å². The Kier molecular flexibility index (Phi) is 3.88. The molecular weight excluding hydrogens is 288 g/mol. The first-order valence-corrected chi connectivity index (χ1v) is 7.73. The molecule has 21 heavy (non-hydrogen) atoms. The Hall–Kier alpha value is -1.95. The fraction of sp³-hybridized carbons (Fsp3) is 0.333. The third-order valence-electron chi connectivity index (χ3n) is 3.54. The molecule has 1 N–H and O–H groups in total. The van der Waals surface area contributed by atoms with Gasteiger partial charge in [-0.25, -0.2) is 4.98 Å². The zero-order valence-electron chi connectivity index (χ0n) is 11.7. The Morgan fingerprint density at radius 3 is 2.90 bits per heavy atom. The predicted molar refractivity (Wildman–Crippen MR) is 82.1 cm³/mol. The summed E-state index contributed by atoms with van der Waals surface area (Å²) in [6.45, 7) is 0.